The van der Waals surface area contributed by atoms with E-state index in [1.165, 1.54) is 6.33 Å². The van der Waals surface area contributed by atoms with Crippen LogP contribution in [-0.2, 0) is 4.79 Å². The van der Waals surface area contributed by atoms with Crippen molar-refractivity contribution in [3.63, 3.8) is 0 Å². The SMILES string of the molecule is C[C@H](Nc1cc(N2CCSCC2)ncn1)C(=O)O. The molecule has 0 radical (unpaired) electrons. The lowest BCUT2D eigenvalue weighted by Gasteiger charge is -2.27. The monoisotopic (exact) mass is 268 g/mol. The predicted octanol–water partition coefficient (Wildman–Crippen LogP) is 0.915. The highest BCUT2D eigenvalue weighted by atomic mass is 32.2. The van der Waals surface area contributed by atoms with E-state index in [9.17, 15) is 4.79 Å². The van der Waals surface area contributed by atoms with Crippen LogP contribution >= 0.6 is 11.8 Å². The van der Waals surface area contributed by atoms with Crippen molar-refractivity contribution in [2.45, 2.75) is 13.0 Å². The second-order valence-electron chi connectivity index (χ2n) is 4.07. The van der Waals surface area contributed by atoms with Gasteiger partial charge in [0, 0.05) is 30.7 Å². The van der Waals surface area contributed by atoms with Gasteiger partial charge in [-0.1, -0.05) is 0 Å². The number of nitrogens with one attached hydrogen (secondary N) is 1. The van der Waals surface area contributed by atoms with Crippen LogP contribution in [0.15, 0.2) is 12.4 Å². The van der Waals surface area contributed by atoms with Gasteiger partial charge >= 0.3 is 5.97 Å². The Bertz CT molecular complexity index is 423. The molecule has 2 N–H and O–H groups in total. The van der Waals surface area contributed by atoms with Gasteiger partial charge in [-0.15, -0.1) is 0 Å². The average molecular weight is 268 g/mol. The summed E-state index contributed by atoms with van der Waals surface area (Å²) >= 11 is 1.93. The first-order valence-corrected chi connectivity index (χ1v) is 6.96. The van der Waals surface area contributed by atoms with E-state index in [1.807, 2.05) is 11.8 Å². The zero-order valence-corrected chi connectivity index (χ0v) is 11.0. The molecule has 1 aliphatic rings. The molecule has 0 aliphatic carbocycles. The Morgan fingerprint density at radius 1 is 1.50 bits per heavy atom. The molecule has 0 aromatic carbocycles. The van der Waals surface area contributed by atoms with Crippen LogP contribution in [0.25, 0.3) is 0 Å². The Morgan fingerprint density at radius 2 is 2.22 bits per heavy atom. The van der Waals surface area contributed by atoms with Crippen molar-refractivity contribution in [3.05, 3.63) is 12.4 Å². The summed E-state index contributed by atoms with van der Waals surface area (Å²) in [5.74, 6) is 2.69. The second-order valence-corrected chi connectivity index (χ2v) is 5.29. The Morgan fingerprint density at radius 3 is 2.89 bits per heavy atom. The predicted molar refractivity (Wildman–Crippen MR) is 72.3 cm³/mol. The average Bonchev–Trinajstić information content (AvgIpc) is 2.40. The number of aromatic nitrogens is 2. The minimum atomic E-state index is -0.899. The molecule has 0 bridgehead atoms. The highest BCUT2D eigenvalue weighted by Gasteiger charge is 2.15. The van der Waals surface area contributed by atoms with Crippen LogP contribution in [0.3, 0.4) is 0 Å². The molecule has 7 heteroatoms. The van der Waals surface area contributed by atoms with Gasteiger partial charge in [0.2, 0.25) is 0 Å². The van der Waals surface area contributed by atoms with Crippen molar-refractivity contribution in [2.75, 3.05) is 34.8 Å². The third-order valence-electron chi connectivity index (χ3n) is 2.72. The lowest BCUT2D eigenvalue weighted by molar-refractivity contribution is -0.137. The van der Waals surface area contributed by atoms with E-state index in [0.29, 0.717) is 5.82 Å². The first-order valence-electron chi connectivity index (χ1n) is 5.81. The minimum absolute atomic E-state index is 0.549. The van der Waals surface area contributed by atoms with Gasteiger partial charge in [-0.2, -0.15) is 11.8 Å². The Labute approximate surface area is 110 Å². The largest absolute Gasteiger partial charge is 0.480 e. The molecular weight excluding hydrogens is 252 g/mol. The Kier molecular flexibility index (Phi) is 4.24. The third-order valence-corrected chi connectivity index (χ3v) is 3.67. The van der Waals surface area contributed by atoms with Gasteiger partial charge in [-0.05, 0) is 6.92 Å². The van der Waals surface area contributed by atoms with E-state index in [-0.39, 0.29) is 0 Å². The minimum Gasteiger partial charge on any atom is -0.480 e. The molecule has 0 spiro atoms. The number of nitrogens with zero attached hydrogens (tertiary/aromatic N) is 3. The highest BCUT2D eigenvalue weighted by Crippen LogP contribution is 2.19. The summed E-state index contributed by atoms with van der Waals surface area (Å²) in [5, 5.41) is 11.7. The molecule has 1 aromatic rings. The lowest BCUT2D eigenvalue weighted by Crippen LogP contribution is -2.33. The van der Waals surface area contributed by atoms with E-state index >= 15 is 0 Å². The maximum Gasteiger partial charge on any atom is 0.325 e. The summed E-state index contributed by atoms with van der Waals surface area (Å²) in [7, 11) is 0. The maximum absolute atomic E-state index is 10.8. The van der Waals surface area contributed by atoms with Crippen molar-refractivity contribution in [3.8, 4) is 0 Å². The molecule has 6 nitrogen and oxygen atoms in total. The number of carboxylic acid groups (broad SMARTS) is 1. The van der Waals surface area contributed by atoms with E-state index in [4.69, 9.17) is 5.11 Å². The summed E-state index contributed by atoms with van der Waals surface area (Å²) < 4.78 is 0. The quantitative estimate of drug-likeness (QED) is 0.840. The molecule has 18 heavy (non-hydrogen) atoms. The molecule has 1 aliphatic heterocycles. The number of hydrogen-bond donors (Lipinski definition) is 2. The van der Waals surface area contributed by atoms with Gasteiger partial charge in [0.1, 0.15) is 24.0 Å². The van der Waals surface area contributed by atoms with Crippen LogP contribution in [0, 0.1) is 0 Å². The zero-order chi connectivity index (χ0) is 13.0. The van der Waals surface area contributed by atoms with Gasteiger partial charge in [0.05, 0.1) is 0 Å². The van der Waals surface area contributed by atoms with Crippen LogP contribution in [0.2, 0.25) is 0 Å². The topological polar surface area (TPSA) is 78.3 Å². The molecule has 0 amide bonds. The molecule has 1 atom stereocenters. The third kappa shape index (κ3) is 3.25. The molecule has 0 saturated carbocycles. The summed E-state index contributed by atoms with van der Waals surface area (Å²) in [6.45, 7) is 3.52. The molecular formula is C11H16N4O2S. The standard InChI is InChI=1S/C11H16N4O2S/c1-8(11(16)17)14-9-6-10(13-7-12-9)15-2-4-18-5-3-15/h6-8H,2-5H2,1H3,(H,16,17)(H,12,13,14)/t8-/m0/s1. The summed E-state index contributed by atoms with van der Waals surface area (Å²) in [4.78, 5) is 21.2. The van der Waals surface area contributed by atoms with Gasteiger partial charge in [-0.25, -0.2) is 9.97 Å². The van der Waals surface area contributed by atoms with Crippen LogP contribution in [0.1, 0.15) is 6.92 Å². The zero-order valence-electron chi connectivity index (χ0n) is 10.2. The number of anilines is 2. The van der Waals surface area contributed by atoms with E-state index in [1.54, 1.807) is 13.0 Å². The van der Waals surface area contributed by atoms with Crippen LogP contribution < -0.4 is 10.2 Å². The molecule has 0 unspecified atom stereocenters. The van der Waals surface area contributed by atoms with Crippen molar-refractivity contribution in [2.24, 2.45) is 0 Å². The summed E-state index contributed by atoms with van der Waals surface area (Å²) in [5.41, 5.74) is 0. The van der Waals surface area contributed by atoms with Crippen LogP contribution in [0.5, 0.6) is 0 Å². The van der Waals surface area contributed by atoms with E-state index < -0.39 is 12.0 Å². The summed E-state index contributed by atoms with van der Waals surface area (Å²) in [6, 6.07) is 1.14. The van der Waals surface area contributed by atoms with Crippen molar-refractivity contribution < 1.29 is 9.90 Å². The van der Waals surface area contributed by atoms with Crippen LogP contribution in [0.4, 0.5) is 11.6 Å². The van der Waals surface area contributed by atoms with Gasteiger partial charge in [0.25, 0.3) is 0 Å². The van der Waals surface area contributed by atoms with E-state index in [2.05, 4.69) is 20.2 Å². The Hall–Kier alpha value is -1.50. The smallest absolute Gasteiger partial charge is 0.325 e. The number of thioether (sulfide) groups is 1. The fourth-order valence-electron chi connectivity index (χ4n) is 1.67. The number of rotatable bonds is 4. The molecule has 98 valence electrons. The molecule has 2 heterocycles. The Balaban J connectivity index is 2.06. The number of carbonyl (C=O) groups is 1. The molecule has 1 aromatic heterocycles. The first kappa shape index (κ1) is 12.9. The van der Waals surface area contributed by atoms with Crippen LogP contribution in [-0.4, -0.2) is 51.7 Å². The van der Waals surface area contributed by atoms with Gasteiger partial charge in [-0.3, -0.25) is 4.79 Å². The lowest BCUT2D eigenvalue weighted by atomic mass is 10.3. The maximum atomic E-state index is 10.8. The highest BCUT2D eigenvalue weighted by molar-refractivity contribution is 7.99. The fourth-order valence-corrected chi connectivity index (χ4v) is 2.58. The van der Waals surface area contributed by atoms with Crippen molar-refractivity contribution >= 4 is 29.4 Å². The fraction of sp³-hybridized carbons (Fsp3) is 0.545. The molecule has 2 rings (SSSR count). The van der Waals surface area contributed by atoms with Crippen molar-refractivity contribution in [1.29, 1.82) is 0 Å². The number of aliphatic carboxylic acids is 1. The number of carboxylic acids is 1. The number of hydrogen-bond acceptors (Lipinski definition) is 6. The van der Waals surface area contributed by atoms with Gasteiger partial charge < -0.3 is 15.3 Å². The van der Waals surface area contributed by atoms with Crippen molar-refractivity contribution in [1.82, 2.24) is 9.97 Å². The van der Waals surface area contributed by atoms with Gasteiger partial charge in [0.15, 0.2) is 0 Å². The first-order chi connectivity index (χ1) is 8.66. The van der Waals surface area contributed by atoms with E-state index in [0.717, 1.165) is 30.4 Å². The second kappa shape index (κ2) is 5.90. The molecule has 1 fully saturated rings. The summed E-state index contributed by atoms with van der Waals surface area (Å²) in [6.07, 6.45) is 1.47. The normalized spacial score (nSPS) is 17.3. The molecule has 1 saturated heterocycles.